The summed E-state index contributed by atoms with van der Waals surface area (Å²) in [6.07, 6.45) is -5.54. The first-order valence-electron chi connectivity index (χ1n) is 5.12. The second-order valence-corrected chi connectivity index (χ2v) is 4.79. The Morgan fingerprint density at radius 1 is 1.35 bits per heavy atom. The molecule has 100 valence electrons. The number of hydrogen-bond donors (Lipinski definition) is 4. The summed E-state index contributed by atoms with van der Waals surface area (Å²) in [7, 11) is 1.15. The molecule has 1 rings (SSSR count). The van der Waals surface area contributed by atoms with Crippen LogP contribution in [0.15, 0.2) is 0 Å². The van der Waals surface area contributed by atoms with Crippen molar-refractivity contribution in [2.75, 3.05) is 19.4 Å². The number of esters is 1. The molecule has 1 aliphatic rings. The monoisotopic (exact) mass is 267 g/mol. The first-order valence-corrected chi connectivity index (χ1v) is 6.17. The highest BCUT2D eigenvalue weighted by molar-refractivity contribution is 7.99. The van der Waals surface area contributed by atoms with Crippen LogP contribution in [0.25, 0.3) is 0 Å². The van der Waals surface area contributed by atoms with E-state index in [1.54, 1.807) is 0 Å². The Morgan fingerprint density at radius 3 is 2.53 bits per heavy atom. The van der Waals surface area contributed by atoms with Crippen LogP contribution in [-0.2, 0) is 14.3 Å². The number of hydrogen-bond acceptors (Lipinski definition) is 8. The summed E-state index contributed by atoms with van der Waals surface area (Å²) < 4.78 is 9.65. The molecule has 5 atom stereocenters. The summed E-state index contributed by atoms with van der Waals surface area (Å²) >= 11 is 1.17. The molecule has 0 bridgehead atoms. The number of aliphatic hydroxyl groups excluding tert-OH is 3. The number of nitrogens with two attached hydrogens (primary N) is 1. The summed E-state index contributed by atoms with van der Waals surface area (Å²) in [5, 5.41) is 28.8. The van der Waals surface area contributed by atoms with Crippen LogP contribution in [0.5, 0.6) is 0 Å². The molecular formula is C9H17NO6S. The highest BCUT2D eigenvalue weighted by Crippen LogP contribution is 2.28. The lowest BCUT2D eigenvalue weighted by Crippen LogP contribution is -2.59. The lowest BCUT2D eigenvalue weighted by atomic mass is 10.00. The molecule has 0 aromatic carbocycles. The van der Waals surface area contributed by atoms with Crippen molar-refractivity contribution >= 4 is 17.7 Å². The molecule has 1 heterocycles. The minimum absolute atomic E-state index is 0.374. The van der Waals surface area contributed by atoms with Crippen molar-refractivity contribution in [1.29, 1.82) is 0 Å². The third-order valence-electron chi connectivity index (χ3n) is 2.40. The number of thioether (sulfide) groups is 1. The third kappa shape index (κ3) is 3.30. The van der Waals surface area contributed by atoms with Crippen molar-refractivity contribution in [2.24, 2.45) is 5.73 Å². The van der Waals surface area contributed by atoms with E-state index in [1.165, 1.54) is 11.8 Å². The molecule has 0 radical (unpaired) electrons. The van der Waals surface area contributed by atoms with Gasteiger partial charge >= 0.3 is 5.97 Å². The zero-order valence-corrected chi connectivity index (χ0v) is 10.2. The van der Waals surface area contributed by atoms with Crippen molar-refractivity contribution in [2.45, 2.75) is 29.9 Å². The van der Waals surface area contributed by atoms with Gasteiger partial charge in [0.15, 0.2) is 6.10 Å². The predicted molar refractivity (Wildman–Crippen MR) is 60.2 cm³/mol. The lowest BCUT2D eigenvalue weighted by Gasteiger charge is -2.38. The van der Waals surface area contributed by atoms with Crippen LogP contribution in [-0.4, -0.2) is 70.5 Å². The second kappa shape index (κ2) is 6.53. The van der Waals surface area contributed by atoms with Gasteiger partial charge in [-0.1, -0.05) is 0 Å². The molecule has 8 heteroatoms. The van der Waals surface area contributed by atoms with Gasteiger partial charge in [-0.2, -0.15) is 0 Å². The van der Waals surface area contributed by atoms with Crippen LogP contribution in [0.2, 0.25) is 0 Å². The van der Waals surface area contributed by atoms with E-state index < -0.39 is 35.8 Å². The smallest absolute Gasteiger partial charge is 0.337 e. The maximum Gasteiger partial charge on any atom is 0.337 e. The zero-order chi connectivity index (χ0) is 13.0. The van der Waals surface area contributed by atoms with Gasteiger partial charge in [0.05, 0.1) is 7.11 Å². The molecule has 0 saturated carbocycles. The Kier molecular flexibility index (Phi) is 5.63. The predicted octanol–water partition coefficient (Wildman–Crippen LogP) is -2.34. The maximum absolute atomic E-state index is 11.3. The Morgan fingerprint density at radius 2 is 2.00 bits per heavy atom. The number of aliphatic hydroxyl groups is 3. The topological polar surface area (TPSA) is 122 Å². The van der Waals surface area contributed by atoms with E-state index in [4.69, 9.17) is 10.5 Å². The van der Waals surface area contributed by atoms with E-state index in [1.807, 2.05) is 0 Å². The molecule has 0 aromatic rings. The summed E-state index contributed by atoms with van der Waals surface area (Å²) in [5.74, 6) is -0.292. The lowest BCUT2D eigenvalue weighted by molar-refractivity contribution is -0.211. The first-order chi connectivity index (χ1) is 8.02. The molecule has 0 unspecified atom stereocenters. The van der Waals surface area contributed by atoms with E-state index in [0.717, 1.165) is 7.11 Å². The number of carbonyl (C=O) groups is 1. The van der Waals surface area contributed by atoms with Crippen LogP contribution < -0.4 is 5.73 Å². The van der Waals surface area contributed by atoms with Gasteiger partial charge in [0.1, 0.15) is 23.7 Å². The molecule has 0 aromatic heterocycles. The van der Waals surface area contributed by atoms with Crippen molar-refractivity contribution < 1.29 is 29.6 Å². The maximum atomic E-state index is 11.3. The van der Waals surface area contributed by atoms with Gasteiger partial charge in [0.2, 0.25) is 0 Å². The van der Waals surface area contributed by atoms with E-state index >= 15 is 0 Å². The Balaban J connectivity index is 2.71. The number of methoxy groups -OCH3 is 1. The Hall–Kier alpha value is -0.380. The molecule has 0 amide bonds. The van der Waals surface area contributed by atoms with Crippen molar-refractivity contribution in [3.63, 3.8) is 0 Å². The summed E-state index contributed by atoms with van der Waals surface area (Å²) in [6.45, 7) is 0.374. The highest BCUT2D eigenvalue weighted by atomic mass is 32.2. The zero-order valence-electron chi connectivity index (χ0n) is 9.35. The average Bonchev–Trinajstić information content (AvgIpc) is 2.34. The van der Waals surface area contributed by atoms with Gasteiger partial charge in [0, 0.05) is 12.3 Å². The molecule has 1 fully saturated rings. The number of rotatable bonds is 4. The minimum Gasteiger partial charge on any atom is -0.467 e. The van der Waals surface area contributed by atoms with Gasteiger partial charge in [-0.3, -0.25) is 0 Å². The molecular weight excluding hydrogens is 250 g/mol. The molecule has 17 heavy (non-hydrogen) atoms. The van der Waals surface area contributed by atoms with Crippen LogP contribution in [0.4, 0.5) is 0 Å². The average molecular weight is 267 g/mol. The fourth-order valence-corrected chi connectivity index (χ4v) is 2.41. The highest BCUT2D eigenvalue weighted by Gasteiger charge is 2.47. The quantitative estimate of drug-likeness (QED) is 0.418. The van der Waals surface area contributed by atoms with E-state index in [2.05, 4.69) is 4.74 Å². The van der Waals surface area contributed by atoms with E-state index in [0.29, 0.717) is 12.3 Å². The van der Waals surface area contributed by atoms with Crippen molar-refractivity contribution in [3.8, 4) is 0 Å². The minimum atomic E-state index is -1.51. The van der Waals surface area contributed by atoms with E-state index in [-0.39, 0.29) is 0 Å². The van der Waals surface area contributed by atoms with Gasteiger partial charge in [0.25, 0.3) is 0 Å². The summed E-state index contributed by atoms with van der Waals surface area (Å²) in [5.41, 5.74) is 4.49. The molecule has 1 aliphatic heterocycles. The van der Waals surface area contributed by atoms with Gasteiger partial charge in [-0.15, -0.1) is 11.8 Å². The van der Waals surface area contributed by atoms with E-state index in [9.17, 15) is 20.1 Å². The van der Waals surface area contributed by atoms with Gasteiger partial charge < -0.3 is 30.5 Å². The van der Waals surface area contributed by atoms with Crippen molar-refractivity contribution in [1.82, 2.24) is 0 Å². The van der Waals surface area contributed by atoms with Crippen LogP contribution in [0, 0.1) is 0 Å². The number of ether oxygens (including phenoxy) is 2. The molecule has 5 N–H and O–H groups in total. The fraction of sp³-hybridized carbons (Fsp3) is 0.889. The van der Waals surface area contributed by atoms with Gasteiger partial charge in [-0.25, -0.2) is 4.79 Å². The Bertz CT molecular complexity index is 266. The Labute approximate surface area is 103 Å². The van der Waals surface area contributed by atoms with Crippen LogP contribution in [0.1, 0.15) is 0 Å². The van der Waals surface area contributed by atoms with Crippen LogP contribution in [0.3, 0.4) is 0 Å². The first kappa shape index (κ1) is 14.7. The normalized spacial score (nSPS) is 37.8. The second-order valence-electron chi connectivity index (χ2n) is 3.58. The molecule has 1 saturated heterocycles. The standard InChI is InChI=1S/C9H17NO6S/c1-15-8(14)7-5(12)4(11)6(13)9(16-7)17-3-2-10/h4-7,9,11-13H,2-3,10H2,1H3/t4-,5+,6-,7+,9-/m0/s1. The molecule has 7 nitrogen and oxygen atoms in total. The molecule has 0 spiro atoms. The van der Waals surface area contributed by atoms with Crippen molar-refractivity contribution in [3.05, 3.63) is 0 Å². The summed E-state index contributed by atoms with van der Waals surface area (Å²) in [6, 6.07) is 0. The number of carbonyl (C=O) groups excluding carboxylic acids is 1. The fourth-order valence-electron chi connectivity index (χ4n) is 1.48. The van der Waals surface area contributed by atoms with Gasteiger partial charge in [-0.05, 0) is 0 Å². The molecule has 0 aliphatic carbocycles. The summed E-state index contributed by atoms with van der Waals surface area (Å²) in [4.78, 5) is 11.3. The third-order valence-corrected chi connectivity index (χ3v) is 3.59. The SMILES string of the molecule is COC(=O)[C@@H]1O[C@@H](SCCN)[C@@H](O)[C@@H](O)[C@H]1O. The van der Waals surface area contributed by atoms with Crippen LogP contribution >= 0.6 is 11.8 Å². The largest absolute Gasteiger partial charge is 0.467 e.